The van der Waals surface area contributed by atoms with E-state index in [2.05, 4.69) is 5.32 Å². The lowest BCUT2D eigenvalue weighted by Gasteiger charge is -2.38. The number of alkyl halides is 1. The van der Waals surface area contributed by atoms with Crippen molar-refractivity contribution in [3.05, 3.63) is 0 Å². The standard InChI is InChI=1S/C9H15ClN2O4S/c1-9(2)8(14)11-7(13)6-12(9)17(15,16)5-3-4-10/h3-6H2,1-2H3,(H,11,13,14). The molecule has 0 bridgehead atoms. The van der Waals surface area contributed by atoms with Crippen molar-refractivity contribution in [1.82, 2.24) is 9.62 Å². The van der Waals surface area contributed by atoms with E-state index in [0.717, 1.165) is 4.31 Å². The van der Waals surface area contributed by atoms with Crippen molar-refractivity contribution >= 4 is 33.4 Å². The third kappa shape index (κ3) is 2.97. The fraction of sp³-hybridized carbons (Fsp3) is 0.778. The van der Waals surface area contributed by atoms with E-state index in [4.69, 9.17) is 11.6 Å². The van der Waals surface area contributed by atoms with Crippen LogP contribution in [0.15, 0.2) is 0 Å². The summed E-state index contributed by atoms with van der Waals surface area (Å²) in [6, 6.07) is 0. The van der Waals surface area contributed by atoms with Crippen LogP contribution in [0.1, 0.15) is 20.3 Å². The number of carbonyl (C=O) groups excluding carboxylic acids is 2. The molecular weight excluding hydrogens is 268 g/mol. The molecule has 0 aromatic rings. The number of halogens is 1. The second-order valence-electron chi connectivity index (χ2n) is 4.30. The van der Waals surface area contributed by atoms with Crippen molar-refractivity contribution in [2.24, 2.45) is 0 Å². The average Bonchev–Trinajstić information content (AvgIpc) is 2.21. The van der Waals surface area contributed by atoms with Gasteiger partial charge in [0.25, 0.3) is 0 Å². The number of rotatable bonds is 4. The van der Waals surface area contributed by atoms with Gasteiger partial charge in [0.15, 0.2) is 0 Å². The van der Waals surface area contributed by atoms with Crippen molar-refractivity contribution in [2.75, 3.05) is 18.2 Å². The first-order valence-corrected chi connectivity index (χ1v) is 7.27. The Kier molecular flexibility index (Phi) is 4.16. The van der Waals surface area contributed by atoms with E-state index in [9.17, 15) is 18.0 Å². The van der Waals surface area contributed by atoms with Crippen LogP contribution in [-0.4, -0.2) is 48.3 Å². The molecule has 2 amide bonds. The van der Waals surface area contributed by atoms with Crippen LogP contribution in [0.25, 0.3) is 0 Å². The Morgan fingerprint density at radius 3 is 2.53 bits per heavy atom. The number of hydrogen-bond donors (Lipinski definition) is 1. The Bertz CT molecular complexity index is 432. The molecular formula is C9H15ClN2O4S. The van der Waals surface area contributed by atoms with E-state index in [1.807, 2.05) is 0 Å². The molecule has 0 aromatic carbocycles. The van der Waals surface area contributed by atoms with Gasteiger partial charge < -0.3 is 0 Å². The lowest BCUT2D eigenvalue weighted by molar-refractivity contribution is -0.141. The first kappa shape index (κ1) is 14.4. The Morgan fingerprint density at radius 2 is 2.00 bits per heavy atom. The lowest BCUT2D eigenvalue weighted by atomic mass is 10.0. The van der Waals surface area contributed by atoms with E-state index in [1.165, 1.54) is 13.8 Å². The highest BCUT2D eigenvalue weighted by atomic mass is 35.5. The topological polar surface area (TPSA) is 83.6 Å². The van der Waals surface area contributed by atoms with E-state index in [1.54, 1.807) is 0 Å². The van der Waals surface area contributed by atoms with E-state index in [-0.39, 0.29) is 24.6 Å². The minimum absolute atomic E-state index is 0.166. The molecule has 1 aliphatic heterocycles. The maximum atomic E-state index is 12.0. The van der Waals surface area contributed by atoms with Crippen molar-refractivity contribution < 1.29 is 18.0 Å². The Balaban J connectivity index is 3.01. The molecule has 1 fully saturated rings. The monoisotopic (exact) mass is 282 g/mol. The average molecular weight is 283 g/mol. The third-order valence-corrected chi connectivity index (χ3v) is 4.92. The molecule has 0 unspecified atom stereocenters. The highest BCUT2D eigenvalue weighted by molar-refractivity contribution is 7.89. The molecule has 0 aliphatic carbocycles. The maximum Gasteiger partial charge on any atom is 0.247 e. The van der Waals surface area contributed by atoms with Crippen LogP contribution in [0.2, 0.25) is 0 Å². The molecule has 1 saturated heterocycles. The van der Waals surface area contributed by atoms with Gasteiger partial charge in [-0.3, -0.25) is 14.9 Å². The highest BCUT2D eigenvalue weighted by Gasteiger charge is 2.46. The van der Waals surface area contributed by atoms with Crippen molar-refractivity contribution in [3.63, 3.8) is 0 Å². The number of nitrogens with one attached hydrogen (secondary N) is 1. The molecule has 8 heteroatoms. The Morgan fingerprint density at radius 1 is 1.41 bits per heavy atom. The number of amides is 2. The highest BCUT2D eigenvalue weighted by Crippen LogP contribution is 2.22. The van der Waals surface area contributed by atoms with Gasteiger partial charge in [0.2, 0.25) is 21.8 Å². The van der Waals surface area contributed by atoms with Gasteiger partial charge >= 0.3 is 0 Å². The zero-order valence-corrected chi connectivity index (χ0v) is 11.3. The van der Waals surface area contributed by atoms with Crippen molar-refractivity contribution in [3.8, 4) is 0 Å². The number of sulfonamides is 1. The smallest absolute Gasteiger partial charge is 0.247 e. The first-order valence-electron chi connectivity index (χ1n) is 5.12. The predicted molar refractivity (Wildman–Crippen MR) is 63.1 cm³/mol. The van der Waals surface area contributed by atoms with Gasteiger partial charge in [0.1, 0.15) is 5.54 Å². The van der Waals surface area contributed by atoms with Crippen LogP contribution in [0.3, 0.4) is 0 Å². The van der Waals surface area contributed by atoms with Gasteiger partial charge in [-0.2, -0.15) is 4.31 Å². The second kappa shape index (κ2) is 4.91. The third-order valence-electron chi connectivity index (χ3n) is 2.59. The van der Waals surface area contributed by atoms with Gasteiger partial charge in [-0.1, -0.05) is 0 Å². The van der Waals surface area contributed by atoms with E-state index < -0.39 is 27.4 Å². The van der Waals surface area contributed by atoms with Crippen LogP contribution < -0.4 is 5.32 Å². The van der Waals surface area contributed by atoms with Crippen LogP contribution in [0, 0.1) is 0 Å². The summed E-state index contributed by atoms with van der Waals surface area (Å²) in [6.45, 7) is 2.60. The first-order chi connectivity index (χ1) is 7.71. The van der Waals surface area contributed by atoms with Gasteiger partial charge in [0, 0.05) is 5.88 Å². The summed E-state index contributed by atoms with van der Waals surface area (Å²) in [7, 11) is -3.65. The fourth-order valence-corrected chi connectivity index (χ4v) is 3.67. The van der Waals surface area contributed by atoms with Crippen LogP contribution >= 0.6 is 11.6 Å². The normalized spacial score (nSPS) is 21.4. The van der Waals surface area contributed by atoms with E-state index in [0.29, 0.717) is 0 Å². The molecule has 0 spiro atoms. The molecule has 0 aromatic heterocycles. The molecule has 1 N–H and O–H groups in total. The molecule has 1 aliphatic rings. The van der Waals surface area contributed by atoms with Gasteiger partial charge in [0.05, 0.1) is 12.3 Å². The lowest BCUT2D eigenvalue weighted by Crippen LogP contribution is -2.65. The zero-order valence-electron chi connectivity index (χ0n) is 9.69. The zero-order chi connectivity index (χ0) is 13.3. The Labute approximate surface area is 105 Å². The van der Waals surface area contributed by atoms with Gasteiger partial charge in [-0.15, -0.1) is 11.6 Å². The largest absolute Gasteiger partial charge is 0.294 e. The number of imide groups is 1. The minimum Gasteiger partial charge on any atom is -0.294 e. The summed E-state index contributed by atoms with van der Waals surface area (Å²) < 4.78 is 24.9. The number of piperazine rings is 1. The molecule has 98 valence electrons. The second-order valence-corrected chi connectivity index (χ2v) is 6.69. The quantitative estimate of drug-likeness (QED) is 0.566. The summed E-state index contributed by atoms with van der Waals surface area (Å²) >= 11 is 5.45. The molecule has 1 heterocycles. The molecule has 0 atom stereocenters. The van der Waals surface area contributed by atoms with Gasteiger partial charge in [-0.05, 0) is 20.3 Å². The maximum absolute atomic E-state index is 12.0. The summed E-state index contributed by atoms with van der Waals surface area (Å²) in [5.74, 6) is -1.17. The van der Waals surface area contributed by atoms with Crippen LogP contribution in [0.4, 0.5) is 0 Å². The van der Waals surface area contributed by atoms with Crippen LogP contribution in [-0.2, 0) is 19.6 Å². The van der Waals surface area contributed by atoms with E-state index >= 15 is 0 Å². The number of hydrogen-bond acceptors (Lipinski definition) is 4. The van der Waals surface area contributed by atoms with Gasteiger partial charge in [-0.25, -0.2) is 8.42 Å². The fourth-order valence-electron chi connectivity index (χ4n) is 1.55. The molecule has 1 rings (SSSR count). The van der Waals surface area contributed by atoms with Crippen molar-refractivity contribution in [1.29, 1.82) is 0 Å². The van der Waals surface area contributed by atoms with Crippen molar-refractivity contribution in [2.45, 2.75) is 25.8 Å². The summed E-state index contributed by atoms with van der Waals surface area (Å²) in [5.41, 5.74) is -1.25. The predicted octanol–water partition coefficient (Wildman–Crippen LogP) is -0.318. The van der Waals surface area contributed by atoms with Crippen LogP contribution in [0.5, 0.6) is 0 Å². The molecule has 17 heavy (non-hydrogen) atoms. The SMILES string of the molecule is CC1(C)C(=O)NC(=O)CN1S(=O)(=O)CCCCl. The number of carbonyl (C=O) groups is 2. The Hall–Kier alpha value is -0.660. The molecule has 6 nitrogen and oxygen atoms in total. The summed E-state index contributed by atoms with van der Waals surface area (Å²) in [5, 5.41) is 2.12. The summed E-state index contributed by atoms with van der Waals surface area (Å²) in [4.78, 5) is 22.8. The molecule has 0 radical (unpaired) electrons. The summed E-state index contributed by atoms with van der Waals surface area (Å²) in [6.07, 6.45) is 0.284. The number of nitrogens with zero attached hydrogens (tertiary/aromatic N) is 1. The minimum atomic E-state index is -3.65. The molecule has 0 saturated carbocycles.